The molecule has 0 aliphatic heterocycles. The van der Waals surface area contributed by atoms with Crippen molar-refractivity contribution in [3.8, 4) is 11.4 Å². The minimum atomic E-state index is 0.247. The van der Waals surface area contributed by atoms with Crippen molar-refractivity contribution < 1.29 is 5.11 Å². The summed E-state index contributed by atoms with van der Waals surface area (Å²) >= 11 is 0. The maximum absolute atomic E-state index is 9.06. The number of hydrogen-bond donors (Lipinski definition) is 2. The molecule has 3 N–H and O–H groups in total. The first-order valence-corrected chi connectivity index (χ1v) is 3.84. The predicted molar refractivity (Wildman–Crippen MR) is 49.6 cm³/mol. The number of nitrogens with two attached hydrogens (primary N) is 1. The summed E-state index contributed by atoms with van der Waals surface area (Å²) in [5, 5.41) is 9.06. The van der Waals surface area contributed by atoms with E-state index in [-0.39, 0.29) is 5.75 Å². The third-order valence-corrected chi connectivity index (χ3v) is 1.75. The van der Waals surface area contributed by atoms with Gasteiger partial charge in [-0.1, -0.05) is 0 Å². The number of rotatable bonds is 1. The Bertz CT molecular complexity index is 405. The number of anilines is 1. The lowest BCUT2D eigenvalue weighted by atomic mass is 10.3. The standard InChI is InChI=1S/C9H9N3O/c10-9-5-12(6-11-9)7-1-3-8(13)4-2-7/h1-6,13H,10H2. The molecule has 0 radical (unpaired) electrons. The number of hydrogen-bond acceptors (Lipinski definition) is 3. The average Bonchev–Trinajstić information content (AvgIpc) is 2.53. The van der Waals surface area contributed by atoms with Gasteiger partial charge in [-0.05, 0) is 24.3 Å². The van der Waals surface area contributed by atoms with E-state index in [1.807, 2.05) is 0 Å². The van der Waals surface area contributed by atoms with Crippen molar-refractivity contribution in [2.75, 3.05) is 5.73 Å². The van der Waals surface area contributed by atoms with Crippen molar-refractivity contribution in [1.82, 2.24) is 9.55 Å². The highest BCUT2D eigenvalue weighted by molar-refractivity contribution is 5.39. The average molecular weight is 175 g/mol. The Morgan fingerprint density at radius 1 is 1.23 bits per heavy atom. The van der Waals surface area contributed by atoms with E-state index in [9.17, 15) is 0 Å². The summed E-state index contributed by atoms with van der Waals surface area (Å²) in [5.41, 5.74) is 6.38. The number of phenols is 1. The minimum Gasteiger partial charge on any atom is -0.508 e. The van der Waals surface area contributed by atoms with Gasteiger partial charge in [0, 0.05) is 5.69 Å². The quantitative estimate of drug-likeness (QED) is 0.683. The molecule has 4 nitrogen and oxygen atoms in total. The van der Waals surface area contributed by atoms with Gasteiger partial charge in [-0.3, -0.25) is 0 Å². The van der Waals surface area contributed by atoms with Crippen molar-refractivity contribution >= 4 is 5.82 Å². The van der Waals surface area contributed by atoms with E-state index in [1.165, 1.54) is 0 Å². The molecule has 0 bridgehead atoms. The first-order valence-electron chi connectivity index (χ1n) is 3.84. The lowest BCUT2D eigenvalue weighted by Gasteiger charge is -2.00. The molecule has 0 saturated carbocycles. The number of aromatic hydroxyl groups is 1. The van der Waals surface area contributed by atoms with Gasteiger partial charge < -0.3 is 15.4 Å². The van der Waals surface area contributed by atoms with E-state index in [4.69, 9.17) is 10.8 Å². The van der Waals surface area contributed by atoms with Crippen LogP contribution in [0.4, 0.5) is 5.82 Å². The van der Waals surface area contributed by atoms with Crippen LogP contribution in [0.3, 0.4) is 0 Å². The molecule has 13 heavy (non-hydrogen) atoms. The molecule has 0 amide bonds. The molecule has 0 saturated heterocycles. The zero-order valence-corrected chi connectivity index (χ0v) is 6.88. The second kappa shape index (κ2) is 2.82. The van der Waals surface area contributed by atoms with Gasteiger partial charge in [-0.25, -0.2) is 4.98 Å². The molecule has 0 aliphatic carbocycles. The molecule has 1 aromatic carbocycles. The van der Waals surface area contributed by atoms with Gasteiger partial charge in [-0.15, -0.1) is 0 Å². The Labute approximate surface area is 75.3 Å². The Hall–Kier alpha value is -1.97. The van der Waals surface area contributed by atoms with E-state index >= 15 is 0 Å². The summed E-state index contributed by atoms with van der Waals surface area (Å²) in [4.78, 5) is 3.89. The van der Waals surface area contributed by atoms with E-state index in [2.05, 4.69) is 4.98 Å². The number of aromatic nitrogens is 2. The zero-order valence-electron chi connectivity index (χ0n) is 6.88. The van der Waals surface area contributed by atoms with Crippen LogP contribution in [0.5, 0.6) is 5.75 Å². The van der Waals surface area contributed by atoms with Gasteiger partial charge in [-0.2, -0.15) is 0 Å². The van der Waals surface area contributed by atoms with Gasteiger partial charge in [0.2, 0.25) is 0 Å². The summed E-state index contributed by atoms with van der Waals surface area (Å²) in [6.45, 7) is 0. The lowest BCUT2D eigenvalue weighted by Crippen LogP contribution is -1.88. The molecule has 0 atom stereocenters. The van der Waals surface area contributed by atoms with Crippen LogP contribution >= 0.6 is 0 Å². The first kappa shape index (κ1) is 7.67. The van der Waals surface area contributed by atoms with Crippen LogP contribution in [-0.2, 0) is 0 Å². The maximum atomic E-state index is 9.06. The van der Waals surface area contributed by atoms with Gasteiger partial charge in [0.05, 0.1) is 6.20 Å². The van der Waals surface area contributed by atoms with Crippen molar-refractivity contribution in [1.29, 1.82) is 0 Å². The number of imidazole rings is 1. The summed E-state index contributed by atoms with van der Waals surface area (Å²) in [6, 6.07) is 6.81. The van der Waals surface area contributed by atoms with Crippen LogP contribution in [0.2, 0.25) is 0 Å². The highest BCUT2D eigenvalue weighted by Crippen LogP contribution is 2.14. The van der Waals surface area contributed by atoms with Gasteiger partial charge in [0.1, 0.15) is 17.9 Å². The molecule has 0 aliphatic rings. The Morgan fingerprint density at radius 2 is 1.92 bits per heavy atom. The van der Waals surface area contributed by atoms with E-state index in [0.717, 1.165) is 5.69 Å². The van der Waals surface area contributed by atoms with Crippen LogP contribution in [-0.4, -0.2) is 14.7 Å². The highest BCUT2D eigenvalue weighted by atomic mass is 16.3. The number of phenolic OH excluding ortho intramolecular Hbond substituents is 1. The summed E-state index contributed by atoms with van der Waals surface area (Å²) < 4.78 is 1.79. The maximum Gasteiger partial charge on any atom is 0.141 e. The molecule has 1 heterocycles. The highest BCUT2D eigenvalue weighted by Gasteiger charge is 1.96. The molecular formula is C9H9N3O. The van der Waals surface area contributed by atoms with Crippen molar-refractivity contribution in [2.24, 2.45) is 0 Å². The van der Waals surface area contributed by atoms with E-state index in [1.54, 1.807) is 41.4 Å². The molecule has 4 heteroatoms. The summed E-state index contributed by atoms with van der Waals surface area (Å²) in [7, 11) is 0. The van der Waals surface area contributed by atoms with Crippen molar-refractivity contribution in [2.45, 2.75) is 0 Å². The monoisotopic (exact) mass is 175 g/mol. The smallest absolute Gasteiger partial charge is 0.141 e. The third-order valence-electron chi connectivity index (χ3n) is 1.75. The number of benzene rings is 1. The normalized spacial score (nSPS) is 10.2. The van der Waals surface area contributed by atoms with Crippen molar-refractivity contribution in [3.05, 3.63) is 36.8 Å². The zero-order chi connectivity index (χ0) is 9.26. The van der Waals surface area contributed by atoms with Gasteiger partial charge in [0.15, 0.2) is 0 Å². The Balaban J connectivity index is 2.41. The SMILES string of the molecule is Nc1cn(-c2ccc(O)cc2)cn1. The largest absolute Gasteiger partial charge is 0.508 e. The summed E-state index contributed by atoms with van der Waals surface area (Å²) in [5.74, 6) is 0.727. The fraction of sp³-hybridized carbons (Fsp3) is 0. The van der Waals surface area contributed by atoms with Gasteiger partial charge >= 0.3 is 0 Å². The molecule has 0 unspecified atom stereocenters. The van der Waals surface area contributed by atoms with Crippen LogP contribution in [0.15, 0.2) is 36.8 Å². The van der Waals surface area contributed by atoms with Gasteiger partial charge in [0.25, 0.3) is 0 Å². The molecule has 0 spiro atoms. The minimum absolute atomic E-state index is 0.247. The van der Waals surface area contributed by atoms with Crippen LogP contribution < -0.4 is 5.73 Å². The van der Waals surface area contributed by atoms with E-state index < -0.39 is 0 Å². The Morgan fingerprint density at radius 3 is 2.46 bits per heavy atom. The number of nitrogen functional groups attached to an aromatic ring is 1. The van der Waals surface area contributed by atoms with Crippen molar-refractivity contribution in [3.63, 3.8) is 0 Å². The fourth-order valence-corrected chi connectivity index (χ4v) is 1.10. The summed E-state index contributed by atoms with van der Waals surface area (Å²) in [6.07, 6.45) is 3.34. The second-order valence-corrected chi connectivity index (χ2v) is 2.72. The first-order chi connectivity index (χ1) is 6.25. The lowest BCUT2D eigenvalue weighted by molar-refractivity contribution is 0.475. The molecule has 0 fully saturated rings. The van der Waals surface area contributed by atoms with Crippen LogP contribution in [0, 0.1) is 0 Å². The second-order valence-electron chi connectivity index (χ2n) is 2.72. The molecule has 66 valence electrons. The third kappa shape index (κ3) is 1.46. The molecule has 1 aromatic heterocycles. The topological polar surface area (TPSA) is 64.1 Å². The molecule has 2 rings (SSSR count). The fourth-order valence-electron chi connectivity index (χ4n) is 1.10. The Kier molecular flexibility index (Phi) is 1.66. The van der Waals surface area contributed by atoms with Crippen LogP contribution in [0.25, 0.3) is 5.69 Å². The van der Waals surface area contributed by atoms with E-state index in [0.29, 0.717) is 5.82 Å². The van der Waals surface area contributed by atoms with Crippen LogP contribution in [0.1, 0.15) is 0 Å². The number of nitrogens with zero attached hydrogens (tertiary/aromatic N) is 2. The molecule has 2 aromatic rings. The predicted octanol–water partition coefficient (Wildman–Crippen LogP) is 1.16. The molecular weight excluding hydrogens is 166 g/mol.